The van der Waals surface area contributed by atoms with E-state index in [4.69, 9.17) is 0 Å². The molecule has 1 unspecified atom stereocenters. The van der Waals surface area contributed by atoms with E-state index >= 15 is 0 Å². The Hall–Kier alpha value is -3.96. The Labute approximate surface area is 391 Å². The minimum Gasteiger partial charge on any atom is -0.508 e. The predicted molar refractivity (Wildman–Crippen MR) is 257 cm³/mol. The molecule has 5 atom stereocenters. The molecule has 0 bridgehead atoms. The number of unbranched alkanes of at least 4 members (excludes halogenated alkanes) is 7. The fraction of sp³-hybridized carbons (Fsp3) is 0.500. The van der Waals surface area contributed by atoms with Gasteiger partial charge in [-0.05, 0) is 110 Å². The van der Waals surface area contributed by atoms with Gasteiger partial charge in [0.1, 0.15) is 11.5 Å². The van der Waals surface area contributed by atoms with Gasteiger partial charge in [0.2, 0.25) is 0 Å². The number of aromatic hydroxyl groups is 2. The van der Waals surface area contributed by atoms with Crippen molar-refractivity contribution in [2.75, 3.05) is 11.5 Å². The molecule has 2 heterocycles. The number of phenols is 2. The topological polar surface area (TPSA) is 77.8 Å². The van der Waals surface area contributed by atoms with Gasteiger partial charge in [0.15, 0.2) is 0 Å². The number of rotatable bonds is 20. The first kappa shape index (κ1) is 52.0. The number of carbonyl (C=O) groups is 1. The van der Waals surface area contributed by atoms with Crippen molar-refractivity contribution in [1.29, 1.82) is 0 Å². The normalized spacial score (nSPS) is 21.1. The molecule has 11 heteroatoms. The van der Waals surface area contributed by atoms with Crippen LogP contribution in [-0.2, 0) is 15.6 Å². The van der Waals surface area contributed by atoms with E-state index in [1.807, 2.05) is 36.0 Å². The van der Waals surface area contributed by atoms with E-state index in [0.29, 0.717) is 18.8 Å². The number of carboxylic acid groups (broad SMARTS) is 1. The molecule has 0 aliphatic carbocycles. The molecular weight excluding hydrogens is 872 g/mol. The summed E-state index contributed by atoms with van der Waals surface area (Å²) in [6.07, 6.45) is 3.87. The maximum atomic E-state index is 13.0. The lowest BCUT2D eigenvalue weighted by atomic mass is 9.68. The van der Waals surface area contributed by atoms with E-state index in [9.17, 15) is 42.1 Å². The number of phenolic OH excluding ortho intramolecular Hbond substituents is 2. The Balaban J connectivity index is 0.000000299. The molecular formula is C54H67F5O4S2. The molecule has 0 saturated carbocycles. The third-order valence-electron chi connectivity index (χ3n) is 13.8. The number of aryl methyl sites for hydroxylation is 2. The van der Waals surface area contributed by atoms with Gasteiger partial charge in [0.05, 0.1) is 5.92 Å². The number of halogens is 5. The number of benzene rings is 4. The third kappa shape index (κ3) is 13.6. The predicted octanol–water partition coefficient (Wildman–Crippen LogP) is 16.2. The van der Waals surface area contributed by atoms with Crippen molar-refractivity contribution < 1.29 is 42.1 Å². The summed E-state index contributed by atoms with van der Waals surface area (Å²) in [6, 6.07) is 29.0. The molecule has 3 N–H and O–H groups in total. The van der Waals surface area contributed by atoms with Gasteiger partial charge in [-0.3, -0.25) is 4.79 Å². The standard InChI is InChI=1S/C33H43F5O4S.C21H24S/c1-31(24-14-16-25(39)17-15-24)22-43-29-21-26(40)18-19-27(29)28(31)13-9-5-3-2-4-7-11-23(30(41)42)12-8-6-10-20-32(34,35)33(36,37)38;1-5-6-19-18-12-9-16(3)13-20(18)22-14-21(19,4)17-10-7-15(2)8-11-17/h14-19,21,23,28,39-40H,2-13,20,22H2,1H3,(H,41,42);5,7-13,19H,1,6,14H2,2-4H3/t23?,28-,31-;19-,21-/m11/s1. The number of thioether (sulfide) groups is 2. The van der Waals surface area contributed by atoms with Crippen LogP contribution in [0.15, 0.2) is 107 Å². The largest absolute Gasteiger partial charge is 0.508 e. The lowest BCUT2D eigenvalue weighted by molar-refractivity contribution is -0.284. The fourth-order valence-electron chi connectivity index (χ4n) is 9.60. The summed E-state index contributed by atoms with van der Waals surface area (Å²) >= 11 is 3.75. The van der Waals surface area contributed by atoms with Crippen molar-refractivity contribution >= 4 is 29.5 Å². The number of hydrogen-bond donors (Lipinski definition) is 3. The Bertz CT molecular complexity index is 2160. The van der Waals surface area contributed by atoms with Gasteiger partial charge < -0.3 is 15.3 Å². The van der Waals surface area contributed by atoms with Gasteiger partial charge in [0.25, 0.3) is 0 Å². The number of fused-ring (bicyclic) bond motifs is 2. The quantitative estimate of drug-likeness (QED) is 0.0466. The molecule has 2 aliphatic rings. The van der Waals surface area contributed by atoms with Crippen LogP contribution in [0.3, 0.4) is 0 Å². The van der Waals surface area contributed by atoms with Crippen LogP contribution in [-0.4, -0.2) is 44.9 Å². The smallest absolute Gasteiger partial charge is 0.453 e. The van der Waals surface area contributed by atoms with Gasteiger partial charge in [-0.15, -0.1) is 30.1 Å². The molecule has 0 amide bonds. The summed E-state index contributed by atoms with van der Waals surface area (Å²) in [4.78, 5) is 14.2. The summed E-state index contributed by atoms with van der Waals surface area (Å²) in [6.45, 7) is 13.0. The first-order chi connectivity index (χ1) is 30.8. The number of allylic oxidation sites excluding steroid dienone is 1. The van der Waals surface area contributed by atoms with Gasteiger partial charge in [-0.2, -0.15) is 22.0 Å². The third-order valence-corrected chi connectivity index (χ3v) is 16.6. The number of hydrogen-bond acceptors (Lipinski definition) is 5. The van der Waals surface area contributed by atoms with Crippen molar-refractivity contribution in [3.05, 3.63) is 131 Å². The van der Waals surface area contributed by atoms with E-state index in [-0.39, 0.29) is 47.5 Å². The molecule has 4 aromatic carbocycles. The van der Waals surface area contributed by atoms with Crippen molar-refractivity contribution in [3.8, 4) is 11.5 Å². The second-order valence-electron chi connectivity index (χ2n) is 18.8. The van der Waals surface area contributed by atoms with Gasteiger partial charge in [-0.1, -0.05) is 137 Å². The second kappa shape index (κ2) is 23.2. The van der Waals surface area contributed by atoms with Crippen LogP contribution in [0.1, 0.15) is 149 Å². The van der Waals surface area contributed by atoms with Gasteiger partial charge >= 0.3 is 18.1 Å². The van der Waals surface area contributed by atoms with E-state index in [0.717, 1.165) is 67.8 Å². The van der Waals surface area contributed by atoms with E-state index < -0.39 is 30.4 Å². The molecule has 0 spiro atoms. The Morgan fingerprint density at radius 2 is 1.15 bits per heavy atom. The van der Waals surface area contributed by atoms with E-state index in [2.05, 4.69) is 82.8 Å². The Morgan fingerprint density at radius 3 is 1.74 bits per heavy atom. The minimum atomic E-state index is -5.55. The summed E-state index contributed by atoms with van der Waals surface area (Å²) in [5.74, 6) is -3.01. The maximum Gasteiger partial charge on any atom is 0.453 e. The second-order valence-corrected chi connectivity index (χ2v) is 20.8. The molecule has 354 valence electrons. The average molecular weight is 939 g/mol. The van der Waals surface area contributed by atoms with Crippen molar-refractivity contribution in [2.45, 2.75) is 162 Å². The molecule has 0 radical (unpaired) electrons. The van der Waals surface area contributed by atoms with Crippen molar-refractivity contribution in [1.82, 2.24) is 0 Å². The number of carboxylic acids is 1. The Kier molecular flexibility index (Phi) is 18.5. The first-order valence-electron chi connectivity index (χ1n) is 23.1. The highest BCUT2D eigenvalue weighted by Gasteiger charge is 2.56. The van der Waals surface area contributed by atoms with Gasteiger partial charge in [-0.25, -0.2) is 0 Å². The van der Waals surface area contributed by atoms with Crippen LogP contribution in [0, 0.1) is 19.8 Å². The zero-order valence-corrected chi connectivity index (χ0v) is 40.0. The maximum absolute atomic E-state index is 13.0. The molecule has 4 aromatic rings. The van der Waals surface area contributed by atoms with Gasteiger partial charge in [0, 0.05) is 38.5 Å². The van der Waals surface area contributed by atoms with Crippen LogP contribution in [0.25, 0.3) is 0 Å². The van der Waals surface area contributed by atoms with Crippen LogP contribution >= 0.6 is 23.5 Å². The molecule has 0 aromatic heterocycles. The van der Waals surface area contributed by atoms with E-state index in [1.165, 1.54) is 38.3 Å². The van der Waals surface area contributed by atoms with Crippen LogP contribution in [0.5, 0.6) is 11.5 Å². The molecule has 4 nitrogen and oxygen atoms in total. The monoisotopic (exact) mass is 938 g/mol. The SMILES string of the molecule is C=CC[C@@H]1c2ccc(C)cc2SC[C@]1(C)c1ccc(C)cc1.C[C@]1(c2ccc(O)cc2)CSc2cc(O)ccc2[C@H]1CCCCCCCCC(CCCCCC(F)(F)C(F)(F)F)C(=O)O. The number of aliphatic carboxylic acids is 1. The molecule has 0 saturated heterocycles. The highest BCUT2D eigenvalue weighted by molar-refractivity contribution is 7.99. The molecule has 65 heavy (non-hydrogen) atoms. The van der Waals surface area contributed by atoms with Crippen molar-refractivity contribution in [2.24, 2.45) is 5.92 Å². The van der Waals surface area contributed by atoms with E-state index in [1.54, 1.807) is 30.0 Å². The fourth-order valence-corrected chi connectivity index (χ4v) is 12.5. The lowest BCUT2D eigenvalue weighted by Crippen LogP contribution is -2.36. The highest BCUT2D eigenvalue weighted by atomic mass is 32.2. The van der Waals surface area contributed by atoms with Crippen LogP contribution < -0.4 is 0 Å². The first-order valence-corrected chi connectivity index (χ1v) is 25.1. The minimum absolute atomic E-state index is 0.132. The van der Waals surface area contributed by atoms with Crippen molar-refractivity contribution in [3.63, 3.8) is 0 Å². The molecule has 0 fully saturated rings. The lowest BCUT2D eigenvalue weighted by Gasteiger charge is -2.43. The summed E-state index contributed by atoms with van der Waals surface area (Å²) in [7, 11) is 0. The Morgan fingerprint density at radius 1 is 0.677 bits per heavy atom. The zero-order chi connectivity index (χ0) is 47.4. The number of alkyl halides is 5. The van der Waals surface area contributed by atoms with Crippen LogP contribution in [0.2, 0.25) is 0 Å². The molecule has 2 aliphatic heterocycles. The zero-order valence-electron chi connectivity index (χ0n) is 38.4. The van der Waals surface area contributed by atoms with Crippen LogP contribution in [0.4, 0.5) is 22.0 Å². The highest BCUT2D eigenvalue weighted by Crippen LogP contribution is 2.54. The summed E-state index contributed by atoms with van der Waals surface area (Å²) in [5.41, 5.74) is 8.05. The molecule has 6 rings (SSSR count). The summed E-state index contributed by atoms with van der Waals surface area (Å²) in [5, 5.41) is 29.3. The summed E-state index contributed by atoms with van der Waals surface area (Å²) < 4.78 is 62.8. The average Bonchev–Trinajstić information content (AvgIpc) is 3.25.